The van der Waals surface area contributed by atoms with Gasteiger partial charge in [0.15, 0.2) is 5.58 Å². The van der Waals surface area contributed by atoms with E-state index in [2.05, 4.69) is 10.3 Å². The third kappa shape index (κ3) is 4.02. The van der Waals surface area contributed by atoms with Crippen LogP contribution in [0.25, 0.3) is 11.1 Å². The van der Waals surface area contributed by atoms with E-state index in [-0.39, 0.29) is 27.1 Å². The number of carbonyl (C=O) groups excluding carboxylic acids is 3. The van der Waals surface area contributed by atoms with Crippen LogP contribution in [0.3, 0.4) is 0 Å². The lowest BCUT2D eigenvalue weighted by Gasteiger charge is -2.05. The predicted molar refractivity (Wildman–Crippen MR) is 105 cm³/mol. The van der Waals surface area contributed by atoms with Gasteiger partial charge < -0.3 is 19.2 Å². The summed E-state index contributed by atoms with van der Waals surface area (Å²) in [5.41, 5.74) is 1.86. The van der Waals surface area contributed by atoms with Gasteiger partial charge in [0.2, 0.25) is 5.91 Å². The van der Waals surface area contributed by atoms with E-state index >= 15 is 0 Å². The first kappa shape index (κ1) is 19.9. The average Bonchev–Trinajstić information content (AvgIpc) is 3.25. The Morgan fingerprint density at radius 1 is 1.18 bits per heavy atom. The number of thiophene rings is 1. The van der Waals surface area contributed by atoms with Gasteiger partial charge in [0.25, 0.3) is 5.22 Å². The molecule has 1 N–H and O–H groups in total. The van der Waals surface area contributed by atoms with Crippen LogP contribution in [0.5, 0.6) is 0 Å². The molecule has 1 amide bonds. The molecule has 8 nitrogen and oxygen atoms in total. The lowest BCUT2D eigenvalue weighted by Crippen LogP contribution is -2.16. The van der Waals surface area contributed by atoms with Crippen LogP contribution in [0.1, 0.15) is 25.6 Å². The number of rotatable bonds is 6. The number of nitrogens with zero attached hydrogens (tertiary/aromatic N) is 1. The highest BCUT2D eigenvalue weighted by Gasteiger charge is 2.26. The number of benzene rings is 1. The van der Waals surface area contributed by atoms with E-state index in [0.717, 1.165) is 23.1 Å². The van der Waals surface area contributed by atoms with Crippen molar-refractivity contribution < 1.29 is 28.3 Å². The number of aromatic nitrogens is 1. The standard InChI is InChI=1S/C18H16N2O6S2/c1-9-13(16(22)24-2)15(28-14(9)17(23)25-3)20-12(21)8-27-18-19-10-6-4-5-7-11(10)26-18/h4-7H,8H2,1-3H3,(H,20,21). The molecular formula is C18H16N2O6S2. The Balaban J connectivity index is 1.75. The van der Waals surface area contributed by atoms with Crippen molar-refractivity contribution in [3.63, 3.8) is 0 Å². The molecule has 3 aromatic rings. The number of esters is 2. The second-order valence-electron chi connectivity index (χ2n) is 5.53. The number of fused-ring (bicyclic) bond motifs is 1. The second-order valence-corrected chi connectivity index (χ2v) is 7.48. The fourth-order valence-corrected chi connectivity index (χ4v) is 4.21. The number of oxazole rings is 1. The molecule has 0 unspecified atom stereocenters. The molecule has 28 heavy (non-hydrogen) atoms. The molecule has 0 radical (unpaired) electrons. The first-order valence-corrected chi connectivity index (χ1v) is 9.83. The van der Waals surface area contributed by atoms with Gasteiger partial charge >= 0.3 is 11.9 Å². The van der Waals surface area contributed by atoms with Crippen molar-refractivity contribution in [3.8, 4) is 0 Å². The minimum absolute atomic E-state index is 0.0118. The predicted octanol–water partition coefficient (Wildman–Crippen LogP) is 3.50. The maximum absolute atomic E-state index is 12.4. The van der Waals surface area contributed by atoms with Crippen molar-refractivity contribution >= 4 is 57.0 Å². The van der Waals surface area contributed by atoms with E-state index in [0.29, 0.717) is 21.9 Å². The number of thioether (sulfide) groups is 1. The summed E-state index contributed by atoms with van der Waals surface area (Å²) >= 11 is 2.08. The summed E-state index contributed by atoms with van der Waals surface area (Å²) in [4.78, 5) is 40.9. The molecule has 0 aliphatic rings. The van der Waals surface area contributed by atoms with Crippen molar-refractivity contribution in [1.82, 2.24) is 4.98 Å². The molecule has 0 aliphatic heterocycles. The SMILES string of the molecule is COC(=O)c1sc(NC(=O)CSc2nc3ccccc3o2)c(C(=O)OC)c1C. The van der Waals surface area contributed by atoms with Gasteiger partial charge in [0, 0.05) is 0 Å². The molecule has 0 saturated heterocycles. The largest absolute Gasteiger partial charge is 0.465 e. The van der Waals surface area contributed by atoms with E-state index < -0.39 is 11.9 Å². The first-order chi connectivity index (χ1) is 13.4. The maximum Gasteiger partial charge on any atom is 0.348 e. The number of carbonyl (C=O) groups is 3. The van der Waals surface area contributed by atoms with Crippen LogP contribution in [0, 0.1) is 6.92 Å². The number of para-hydroxylation sites is 2. The zero-order chi connectivity index (χ0) is 20.3. The van der Waals surface area contributed by atoms with Crippen molar-refractivity contribution in [2.45, 2.75) is 12.1 Å². The Hall–Kier alpha value is -2.85. The van der Waals surface area contributed by atoms with Crippen LogP contribution in [0.15, 0.2) is 33.9 Å². The highest BCUT2D eigenvalue weighted by Crippen LogP contribution is 2.34. The number of hydrogen-bond donors (Lipinski definition) is 1. The molecule has 2 aromatic heterocycles. The van der Waals surface area contributed by atoms with Crippen molar-refractivity contribution in [3.05, 3.63) is 40.3 Å². The number of nitrogens with one attached hydrogen (secondary N) is 1. The number of methoxy groups -OCH3 is 2. The van der Waals surface area contributed by atoms with Gasteiger partial charge in [-0.1, -0.05) is 23.9 Å². The monoisotopic (exact) mass is 420 g/mol. The Bertz CT molecular complexity index is 1020. The highest BCUT2D eigenvalue weighted by molar-refractivity contribution is 7.99. The minimum Gasteiger partial charge on any atom is -0.465 e. The highest BCUT2D eigenvalue weighted by atomic mass is 32.2. The van der Waals surface area contributed by atoms with Gasteiger partial charge in [0.05, 0.1) is 25.5 Å². The number of anilines is 1. The Morgan fingerprint density at radius 3 is 2.57 bits per heavy atom. The molecule has 3 rings (SSSR count). The summed E-state index contributed by atoms with van der Waals surface area (Å²) in [5.74, 6) is -1.60. The molecule has 0 aliphatic carbocycles. The van der Waals surface area contributed by atoms with Gasteiger partial charge in [-0.2, -0.15) is 0 Å². The lowest BCUT2D eigenvalue weighted by molar-refractivity contribution is -0.113. The molecule has 0 atom stereocenters. The molecular weight excluding hydrogens is 404 g/mol. The fraction of sp³-hybridized carbons (Fsp3) is 0.222. The summed E-state index contributed by atoms with van der Waals surface area (Å²) < 4.78 is 15.0. The van der Waals surface area contributed by atoms with Crippen LogP contribution in [-0.4, -0.2) is 42.8 Å². The summed E-state index contributed by atoms with van der Waals surface area (Å²) in [6, 6.07) is 7.28. The molecule has 10 heteroatoms. The molecule has 0 bridgehead atoms. The topological polar surface area (TPSA) is 108 Å². The third-order valence-electron chi connectivity index (χ3n) is 3.76. The van der Waals surface area contributed by atoms with Crippen molar-refractivity contribution in [1.29, 1.82) is 0 Å². The van der Waals surface area contributed by atoms with Gasteiger partial charge in [0.1, 0.15) is 15.4 Å². The first-order valence-electron chi connectivity index (χ1n) is 8.02. The average molecular weight is 420 g/mol. The van der Waals surface area contributed by atoms with Crippen LogP contribution < -0.4 is 5.32 Å². The number of ether oxygens (including phenoxy) is 2. The van der Waals surface area contributed by atoms with Gasteiger partial charge in [-0.05, 0) is 24.6 Å². The summed E-state index contributed by atoms with van der Waals surface area (Å²) in [5, 5.41) is 3.24. The zero-order valence-electron chi connectivity index (χ0n) is 15.2. The minimum atomic E-state index is -0.647. The Morgan fingerprint density at radius 2 is 1.89 bits per heavy atom. The molecule has 0 saturated carbocycles. The van der Waals surface area contributed by atoms with Crippen LogP contribution in [-0.2, 0) is 14.3 Å². The fourth-order valence-electron chi connectivity index (χ4n) is 2.44. The van der Waals surface area contributed by atoms with E-state index in [1.54, 1.807) is 13.0 Å². The Kier molecular flexibility index (Phi) is 6.00. The van der Waals surface area contributed by atoms with E-state index in [1.807, 2.05) is 18.2 Å². The maximum atomic E-state index is 12.4. The quantitative estimate of drug-likeness (QED) is 0.477. The van der Waals surface area contributed by atoms with E-state index in [9.17, 15) is 14.4 Å². The number of amides is 1. The van der Waals surface area contributed by atoms with Gasteiger partial charge in [-0.3, -0.25) is 4.79 Å². The molecule has 0 fully saturated rings. The Labute approximate surface area is 168 Å². The van der Waals surface area contributed by atoms with E-state index in [1.165, 1.54) is 14.2 Å². The molecule has 146 valence electrons. The zero-order valence-corrected chi connectivity index (χ0v) is 16.9. The molecule has 2 heterocycles. The third-order valence-corrected chi connectivity index (χ3v) is 5.78. The lowest BCUT2D eigenvalue weighted by atomic mass is 10.1. The molecule has 0 spiro atoms. The van der Waals surface area contributed by atoms with E-state index in [4.69, 9.17) is 13.9 Å². The second kappa shape index (κ2) is 8.44. The normalized spacial score (nSPS) is 10.7. The smallest absolute Gasteiger partial charge is 0.348 e. The summed E-state index contributed by atoms with van der Waals surface area (Å²) in [6.45, 7) is 1.59. The van der Waals surface area contributed by atoms with Crippen LogP contribution >= 0.6 is 23.1 Å². The van der Waals surface area contributed by atoms with Gasteiger partial charge in [-0.25, -0.2) is 14.6 Å². The van der Waals surface area contributed by atoms with Gasteiger partial charge in [-0.15, -0.1) is 11.3 Å². The summed E-state index contributed by atoms with van der Waals surface area (Å²) in [6.07, 6.45) is 0. The van der Waals surface area contributed by atoms with Crippen molar-refractivity contribution in [2.24, 2.45) is 0 Å². The van der Waals surface area contributed by atoms with Crippen LogP contribution in [0.4, 0.5) is 5.00 Å². The molecule has 1 aromatic carbocycles. The van der Waals surface area contributed by atoms with Crippen LogP contribution in [0.2, 0.25) is 0 Å². The summed E-state index contributed by atoms with van der Waals surface area (Å²) in [7, 11) is 2.47. The number of hydrogen-bond acceptors (Lipinski definition) is 9. The van der Waals surface area contributed by atoms with Crippen molar-refractivity contribution in [2.75, 3.05) is 25.3 Å².